The maximum Gasteiger partial charge on any atom is 0.313 e. The zero-order valence-corrected chi connectivity index (χ0v) is 67.4. The largest absolute Gasteiger partial charge is 0.462 e. The van der Waals surface area contributed by atoms with Gasteiger partial charge in [-0.3, -0.25) is 23.8 Å². The van der Waals surface area contributed by atoms with Gasteiger partial charge >= 0.3 is 17.9 Å². The summed E-state index contributed by atoms with van der Waals surface area (Å²) in [6.07, 6.45) is 23.1. The number of hydrogen-bond acceptors (Lipinski definition) is 9. The summed E-state index contributed by atoms with van der Waals surface area (Å²) >= 11 is 3.51. The molecular formula is C93H125BrN4O6. The number of alkyl halides is 1. The topological polar surface area (TPSA) is 121 Å². The Morgan fingerprint density at radius 2 is 0.981 bits per heavy atom. The lowest BCUT2D eigenvalue weighted by atomic mass is 9.75. The Labute approximate surface area is 633 Å². The number of allylic oxidation sites excluding steroid dienone is 1. The fraction of sp³-hybridized carbons (Fsp3) is 0.559. The number of aryl methyl sites for hydroxylation is 4. The van der Waals surface area contributed by atoms with Gasteiger partial charge in [0.05, 0.1) is 23.8 Å². The number of carbonyl (C=O) groups excluding carboxylic acids is 3. The minimum atomic E-state index is -0.0954. The van der Waals surface area contributed by atoms with E-state index in [1.165, 1.54) is 114 Å². The first-order valence-corrected chi connectivity index (χ1v) is 41.3. The van der Waals surface area contributed by atoms with Crippen molar-refractivity contribution in [3.8, 4) is 0 Å². The van der Waals surface area contributed by atoms with Crippen LogP contribution < -0.4 is 5.32 Å². The van der Waals surface area contributed by atoms with Crippen LogP contribution in [0.5, 0.6) is 0 Å². The molecule has 5 aliphatic carbocycles. The van der Waals surface area contributed by atoms with Crippen LogP contribution in [0, 0.1) is 92.8 Å². The molecule has 0 spiro atoms. The molecule has 0 bridgehead atoms. The van der Waals surface area contributed by atoms with E-state index in [1.54, 1.807) is 0 Å². The number of esters is 3. The highest BCUT2D eigenvalue weighted by molar-refractivity contribution is 9.08. The van der Waals surface area contributed by atoms with Crippen molar-refractivity contribution in [3.05, 3.63) is 195 Å². The molecule has 10 nitrogen and oxygen atoms in total. The molecule has 7 aromatic rings. The van der Waals surface area contributed by atoms with Gasteiger partial charge in [-0.05, 0) is 229 Å². The zero-order valence-electron chi connectivity index (χ0n) is 65.8. The molecule has 560 valence electrons. The van der Waals surface area contributed by atoms with Gasteiger partial charge in [0.15, 0.2) is 0 Å². The number of ether oxygens (including phenoxy) is 3. The van der Waals surface area contributed by atoms with E-state index < -0.39 is 0 Å². The van der Waals surface area contributed by atoms with Crippen LogP contribution in [0.2, 0.25) is 0 Å². The SMILES string of the molecule is CC(C)[C@H]1CC[C@H](C)C[C@@H]1OC(=O)[C@H](c1ccc(CBr)cc1)C1CCCC1.CC1=CC(C)=NC2Nc3ccccc3C12.Cc1cc(C)n2c(cc3ccccc32)n1.Cc1ccc(CC(=O)O[C@H]2C[C@@H](C)CC[C@@H]2C(C)C)cc1.Cc1ccc([C@@H](C(=O)O[C@H]2C[C@@H](C)CC[C@@H]2C(C)C)C2CCCC2)cc1. The van der Waals surface area contributed by atoms with Crippen LogP contribution in [0.25, 0.3) is 16.6 Å². The van der Waals surface area contributed by atoms with Crippen molar-refractivity contribution in [3.63, 3.8) is 0 Å². The first kappa shape index (κ1) is 79.7. The summed E-state index contributed by atoms with van der Waals surface area (Å²) in [6.45, 7) is 33.0. The summed E-state index contributed by atoms with van der Waals surface area (Å²) in [5, 5.41) is 5.57. The molecular weight excluding hydrogens is 1350 g/mol. The van der Waals surface area contributed by atoms with Crippen LogP contribution in [-0.4, -0.2) is 57.5 Å². The van der Waals surface area contributed by atoms with Crippen molar-refractivity contribution < 1.29 is 28.6 Å². The van der Waals surface area contributed by atoms with E-state index in [9.17, 15) is 14.4 Å². The summed E-state index contributed by atoms with van der Waals surface area (Å²) in [5.41, 5.74) is 16.8. The first-order valence-electron chi connectivity index (χ1n) is 40.2. The molecule has 2 unspecified atom stereocenters. The smallest absolute Gasteiger partial charge is 0.313 e. The Balaban J connectivity index is 0.000000142. The van der Waals surface area contributed by atoms with Gasteiger partial charge in [-0.1, -0.05) is 249 Å². The van der Waals surface area contributed by atoms with Crippen molar-refractivity contribution in [1.29, 1.82) is 0 Å². The minimum absolute atomic E-state index is 0.0262. The summed E-state index contributed by atoms with van der Waals surface area (Å²) < 4.78 is 20.6. The van der Waals surface area contributed by atoms with Gasteiger partial charge in [0.2, 0.25) is 0 Å². The van der Waals surface area contributed by atoms with Gasteiger partial charge in [-0.25, -0.2) is 4.98 Å². The van der Waals surface area contributed by atoms with Crippen LogP contribution in [0.3, 0.4) is 0 Å². The van der Waals surface area contributed by atoms with Crippen LogP contribution in [0.15, 0.2) is 150 Å². The van der Waals surface area contributed by atoms with Crippen LogP contribution in [0.4, 0.5) is 5.69 Å². The Bertz CT molecular complexity index is 3970. The molecule has 0 amide bonds. The average molecular weight is 1470 g/mol. The highest BCUT2D eigenvalue weighted by atomic mass is 79.9. The molecule has 11 heteroatoms. The molecule has 7 aliphatic rings. The van der Waals surface area contributed by atoms with E-state index in [1.807, 2.05) is 31.2 Å². The number of benzene rings is 5. The molecule has 5 aromatic carbocycles. The fourth-order valence-electron chi connectivity index (χ4n) is 18.4. The quantitative estimate of drug-likeness (QED) is 0.0612. The number of carbonyl (C=O) groups is 3. The zero-order chi connectivity index (χ0) is 74.3. The van der Waals surface area contributed by atoms with Gasteiger partial charge in [-0.2, -0.15) is 0 Å². The van der Waals surface area contributed by atoms with Gasteiger partial charge in [0, 0.05) is 39.4 Å². The van der Waals surface area contributed by atoms with Crippen molar-refractivity contribution in [2.24, 2.45) is 70.1 Å². The number of aromatic nitrogens is 2. The monoisotopic (exact) mass is 1470 g/mol. The van der Waals surface area contributed by atoms with E-state index in [2.05, 4.69) is 248 Å². The molecule has 2 aliphatic heterocycles. The summed E-state index contributed by atoms with van der Waals surface area (Å²) in [5.74, 6) is 6.35. The predicted molar refractivity (Wildman–Crippen MR) is 434 cm³/mol. The second-order valence-electron chi connectivity index (χ2n) is 33.7. The second-order valence-corrected chi connectivity index (χ2v) is 34.3. The van der Waals surface area contributed by atoms with E-state index in [4.69, 9.17) is 14.2 Å². The molecule has 0 saturated heterocycles. The molecule has 13 atom stereocenters. The Hall–Kier alpha value is -6.85. The first-order chi connectivity index (χ1) is 49.9. The third-order valence-electron chi connectivity index (χ3n) is 24.3. The van der Waals surface area contributed by atoms with E-state index in [0.717, 1.165) is 84.0 Å². The highest BCUT2D eigenvalue weighted by Gasteiger charge is 2.42. The number of dihydropyridines is 1. The number of hydrogen-bond donors (Lipinski definition) is 1. The Morgan fingerprint density at radius 3 is 1.48 bits per heavy atom. The molecule has 2 aromatic heterocycles. The average Bonchev–Trinajstić information content (AvgIpc) is 1.65. The molecule has 1 N–H and O–H groups in total. The second kappa shape index (κ2) is 37.6. The van der Waals surface area contributed by atoms with Gasteiger partial charge < -0.3 is 19.5 Å². The lowest BCUT2D eigenvalue weighted by Crippen LogP contribution is -2.37. The normalized spacial score (nSPS) is 25.0. The minimum Gasteiger partial charge on any atom is -0.462 e. The van der Waals surface area contributed by atoms with Gasteiger partial charge in [0.25, 0.3) is 0 Å². The number of aliphatic imine (C=N–C) groups is 1. The fourth-order valence-corrected chi connectivity index (χ4v) is 18.8. The van der Waals surface area contributed by atoms with E-state index in [0.29, 0.717) is 77.4 Å². The van der Waals surface area contributed by atoms with Crippen LogP contribution in [0.1, 0.15) is 253 Å². The van der Waals surface area contributed by atoms with Crippen LogP contribution in [-0.2, 0) is 40.3 Å². The lowest BCUT2D eigenvalue weighted by Gasteiger charge is -2.38. The maximum absolute atomic E-state index is 13.4. The number of nitrogens with zero attached hydrogens (tertiary/aromatic N) is 3. The summed E-state index contributed by atoms with van der Waals surface area (Å²) in [7, 11) is 0. The van der Waals surface area contributed by atoms with Crippen LogP contribution >= 0.6 is 15.9 Å². The molecule has 5 fully saturated rings. The molecule has 5 saturated carbocycles. The van der Waals surface area contributed by atoms with Gasteiger partial charge in [0.1, 0.15) is 30.1 Å². The van der Waals surface area contributed by atoms with E-state index in [-0.39, 0.29) is 54.2 Å². The van der Waals surface area contributed by atoms with Crippen molar-refractivity contribution in [2.45, 2.75) is 267 Å². The molecule has 104 heavy (non-hydrogen) atoms. The summed E-state index contributed by atoms with van der Waals surface area (Å²) in [6, 6.07) is 46.3. The van der Waals surface area contributed by atoms with Gasteiger partial charge in [-0.15, -0.1) is 0 Å². The predicted octanol–water partition coefficient (Wildman–Crippen LogP) is 23.7. The van der Waals surface area contributed by atoms with Crippen molar-refractivity contribution in [2.75, 3.05) is 5.32 Å². The number of para-hydroxylation sites is 2. The molecule has 14 rings (SSSR count). The third-order valence-corrected chi connectivity index (χ3v) is 24.9. The van der Waals surface area contributed by atoms with Crippen molar-refractivity contribution in [1.82, 2.24) is 9.38 Å². The van der Waals surface area contributed by atoms with Crippen molar-refractivity contribution >= 4 is 61.8 Å². The van der Waals surface area contributed by atoms with E-state index >= 15 is 0 Å². The lowest BCUT2D eigenvalue weighted by molar-refractivity contribution is -0.160. The standard InChI is InChI=1S/C24H35BrO2.C24H36O2.C19H28O2.C13H12N2.C13H14N2/c1-16(2)21-13-8-17(3)14-22(21)27-24(26)23(19-6-4-5-7-19)20-11-9-18(15-25)10-12-20;1-16(2)21-14-11-18(4)15-22(21)26-24(25)23(19-7-5-6-8-19)20-12-9-17(3)10-13-20;1-13(2)17-10-7-15(4)11-18(17)21-19(20)12-16-8-5-14(3)6-9-16;1-9-7-10(2)15-12-6-4-3-5-11(12)8-13(15)14-9;1-8-7-9(2)14-13-12(8)10-5-3-4-6-11(10)15-13/h9-12,16-17,19,21-23H,4-8,13-15H2,1-3H3;9-10,12-13,16,18-19,21-23H,5-8,11,14-15H2,1-4H3;5-6,8-9,13,15,17-18H,7,10-12H2,1-4H3;3-8H,1-2H3;3-7,12-13,15H,1-2H3/t17-,21+,22-,23-;18-,21+,22-,23-;15-,17+,18-;;/m000../s1. The Morgan fingerprint density at radius 1 is 0.529 bits per heavy atom. The number of nitrogens with one attached hydrogen (secondary N) is 1. The summed E-state index contributed by atoms with van der Waals surface area (Å²) in [4.78, 5) is 48.1. The Kier molecular flexibility index (Phi) is 28.8. The number of rotatable bonds is 15. The molecule has 0 radical (unpaired) electrons. The third kappa shape index (κ3) is 21.1. The highest BCUT2D eigenvalue weighted by Crippen LogP contribution is 2.46. The number of fused-ring (bicyclic) bond motifs is 6. The number of halogens is 1. The maximum atomic E-state index is 13.4. The molecule has 4 heterocycles. The number of anilines is 1.